The van der Waals surface area contributed by atoms with Gasteiger partial charge in [-0.2, -0.15) is 0 Å². The first-order valence-electron chi connectivity index (χ1n) is 20.6. The number of nitrogens with zero attached hydrogens (tertiary/aromatic N) is 1. The quantitative estimate of drug-likeness (QED) is 0.168. The largest absolute Gasteiger partial charge is 0.455 e. The van der Waals surface area contributed by atoms with Crippen molar-refractivity contribution >= 4 is 82.1 Å². The molecule has 0 radical (unpaired) electrons. The van der Waals surface area contributed by atoms with Crippen LogP contribution in [-0.4, -0.2) is 0 Å². The summed E-state index contributed by atoms with van der Waals surface area (Å²) in [5.41, 5.74) is 12.2. The van der Waals surface area contributed by atoms with Crippen molar-refractivity contribution in [3.63, 3.8) is 0 Å². The van der Waals surface area contributed by atoms with Gasteiger partial charge < -0.3 is 9.32 Å². The van der Waals surface area contributed by atoms with Crippen LogP contribution in [0.2, 0.25) is 0 Å². The van der Waals surface area contributed by atoms with Crippen molar-refractivity contribution in [2.45, 2.75) is 0 Å². The summed E-state index contributed by atoms with van der Waals surface area (Å²) in [4.78, 5) is 2.38. The van der Waals surface area contributed by atoms with Crippen LogP contribution in [0.15, 0.2) is 229 Å². The number of rotatable bonds is 6. The highest BCUT2D eigenvalue weighted by Crippen LogP contribution is 2.45. The zero-order valence-corrected chi connectivity index (χ0v) is 32.7. The van der Waals surface area contributed by atoms with Gasteiger partial charge in [-0.05, 0) is 114 Å². The van der Waals surface area contributed by atoms with Gasteiger partial charge in [-0.3, -0.25) is 0 Å². The van der Waals surface area contributed by atoms with Crippen molar-refractivity contribution in [3.05, 3.63) is 224 Å². The van der Waals surface area contributed by atoms with E-state index in [-0.39, 0.29) is 0 Å². The van der Waals surface area contributed by atoms with Gasteiger partial charge in [0.1, 0.15) is 11.2 Å². The fraction of sp³-hybridized carbons (Fsp3) is 0. The summed E-state index contributed by atoms with van der Waals surface area (Å²) >= 11 is 0. The molecular formula is C58H37NO. The minimum Gasteiger partial charge on any atom is -0.455 e. The third-order valence-corrected chi connectivity index (χ3v) is 12.2. The standard InChI is InChI=1S/C58H37NO/c1-2-13-39(14-3-1)49-24-11-19-42-20-12-25-50(57(42)49)41-27-30-44(31-28-41)59(45-32-34-53-54-33-29-40-16-5-9-23-51(40)58(54)60-56(53)37-45)46-35-43-17-6-8-22-48(43)55(36-46)52-26-10-18-38-15-4-7-21-47(38)52/h1-37H. The van der Waals surface area contributed by atoms with Crippen LogP contribution >= 0.6 is 0 Å². The molecule has 0 spiro atoms. The molecule has 0 bridgehead atoms. The second kappa shape index (κ2) is 13.9. The Balaban J connectivity index is 1.07. The zero-order chi connectivity index (χ0) is 39.6. The van der Waals surface area contributed by atoms with Gasteiger partial charge in [-0.15, -0.1) is 0 Å². The Morgan fingerprint density at radius 3 is 1.58 bits per heavy atom. The second-order valence-electron chi connectivity index (χ2n) is 15.6. The molecule has 11 aromatic carbocycles. The molecular weight excluding hydrogens is 727 g/mol. The molecule has 12 aromatic rings. The van der Waals surface area contributed by atoms with E-state index in [0.717, 1.165) is 44.4 Å². The Morgan fingerprint density at radius 1 is 0.283 bits per heavy atom. The van der Waals surface area contributed by atoms with Gasteiger partial charge >= 0.3 is 0 Å². The summed E-state index contributed by atoms with van der Waals surface area (Å²) < 4.78 is 6.78. The zero-order valence-electron chi connectivity index (χ0n) is 32.7. The molecule has 1 aromatic heterocycles. The normalized spacial score (nSPS) is 11.7. The Hall–Kier alpha value is -7.94. The van der Waals surface area contributed by atoms with Crippen molar-refractivity contribution in [1.29, 1.82) is 0 Å². The van der Waals surface area contributed by atoms with E-state index in [1.54, 1.807) is 0 Å². The molecule has 2 nitrogen and oxygen atoms in total. The lowest BCUT2D eigenvalue weighted by Gasteiger charge is -2.27. The molecule has 0 aliphatic heterocycles. The Labute approximate surface area is 347 Å². The summed E-state index contributed by atoms with van der Waals surface area (Å²) in [5, 5.41) is 11.9. The van der Waals surface area contributed by atoms with E-state index in [1.165, 1.54) is 71.1 Å². The number of hydrogen-bond acceptors (Lipinski definition) is 2. The topological polar surface area (TPSA) is 16.4 Å². The van der Waals surface area contributed by atoms with Crippen LogP contribution in [0.3, 0.4) is 0 Å². The summed E-state index contributed by atoms with van der Waals surface area (Å²) in [5.74, 6) is 0. The minimum absolute atomic E-state index is 0.861. The van der Waals surface area contributed by atoms with Gasteiger partial charge in [0, 0.05) is 39.3 Å². The van der Waals surface area contributed by atoms with E-state index >= 15 is 0 Å². The Kier molecular flexibility index (Phi) is 7.89. The monoisotopic (exact) mass is 763 g/mol. The molecule has 0 amide bonds. The van der Waals surface area contributed by atoms with Crippen LogP contribution in [0, 0.1) is 0 Å². The van der Waals surface area contributed by atoms with E-state index in [1.807, 2.05) is 0 Å². The number of hydrogen-bond donors (Lipinski definition) is 0. The molecule has 60 heavy (non-hydrogen) atoms. The first-order chi connectivity index (χ1) is 29.7. The van der Waals surface area contributed by atoms with Gasteiger partial charge in [-0.25, -0.2) is 0 Å². The van der Waals surface area contributed by atoms with Gasteiger partial charge in [0.2, 0.25) is 0 Å². The summed E-state index contributed by atoms with van der Waals surface area (Å²) in [6.45, 7) is 0. The van der Waals surface area contributed by atoms with Gasteiger partial charge in [0.25, 0.3) is 0 Å². The highest BCUT2D eigenvalue weighted by molar-refractivity contribution is 6.16. The van der Waals surface area contributed by atoms with E-state index in [2.05, 4.69) is 229 Å². The van der Waals surface area contributed by atoms with E-state index in [0.29, 0.717) is 0 Å². The van der Waals surface area contributed by atoms with Crippen LogP contribution in [0.1, 0.15) is 0 Å². The van der Waals surface area contributed by atoms with Gasteiger partial charge in [0.05, 0.1) is 0 Å². The SMILES string of the molecule is c1ccc(-c2cccc3cccc(-c4ccc(N(c5cc(-c6cccc7ccccc67)c6ccccc6c5)c5ccc6c(c5)oc5c7ccccc7ccc65)cc4)c23)cc1. The first kappa shape index (κ1) is 34.1. The molecule has 0 saturated heterocycles. The molecule has 0 atom stereocenters. The van der Waals surface area contributed by atoms with E-state index in [9.17, 15) is 0 Å². The molecule has 0 unspecified atom stereocenters. The minimum atomic E-state index is 0.861. The van der Waals surface area contributed by atoms with Crippen molar-refractivity contribution in [1.82, 2.24) is 0 Å². The maximum absolute atomic E-state index is 6.78. The van der Waals surface area contributed by atoms with Crippen molar-refractivity contribution < 1.29 is 4.42 Å². The molecule has 0 aliphatic rings. The average molecular weight is 764 g/mol. The number of fused-ring (bicyclic) bond motifs is 8. The third-order valence-electron chi connectivity index (χ3n) is 12.2. The molecule has 1 heterocycles. The van der Waals surface area contributed by atoms with Gasteiger partial charge in [0.15, 0.2) is 0 Å². The van der Waals surface area contributed by atoms with Crippen LogP contribution in [0.5, 0.6) is 0 Å². The lowest BCUT2D eigenvalue weighted by Crippen LogP contribution is -2.10. The molecule has 12 rings (SSSR count). The fourth-order valence-corrected chi connectivity index (χ4v) is 9.42. The van der Waals surface area contributed by atoms with Crippen LogP contribution in [0.25, 0.3) is 98.4 Å². The Bertz CT molecular complexity index is 3590. The maximum Gasteiger partial charge on any atom is 0.143 e. The highest BCUT2D eigenvalue weighted by Gasteiger charge is 2.20. The third kappa shape index (κ3) is 5.57. The summed E-state index contributed by atoms with van der Waals surface area (Å²) in [7, 11) is 0. The first-order valence-corrected chi connectivity index (χ1v) is 20.6. The van der Waals surface area contributed by atoms with Crippen LogP contribution < -0.4 is 4.90 Å². The van der Waals surface area contributed by atoms with Crippen LogP contribution in [0.4, 0.5) is 17.1 Å². The lowest BCUT2D eigenvalue weighted by atomic mass is 9.91. The van der Waals surface area contributed by atoms with E-state index < -0.39 is 0 Å². The van der Waals surface area contributed by atoms with Crippen LogP contribution in [-0.2, 0) is 0 Å². The molecule has 0 saturated carbocycles. The predicted octanol–water partition coefficient (Wildman–Crippen LogP) is 16.7. The molecule has 0 fully saturated rings. The fourth-order valence-electron chi connectivity index (χ4n) is 9.42. The summed E-state index contributed by atoms with van der Waals surface area (Å²) in [6.07, 6.45) is 0. The predicted molar refractivity (Wildman–Crippen MR) is 255 cm³/mol. The lowest BCUT2D eigenvalue weighted by molar-refractivity contribution is 0.672. The number of anilines is 3. The molecule has 2 heteroatoms. The van der Waals surface area contributed by atoms with Crippen molar-refractivity contribution in [3.8, 4) is 33.4 Å². The highest BCUT2D eigenvalue weighted by atomic mass is 16.3. The smallest absolute Gasteiger partial charge is 0.143 e. The number of furan rings is 1. The van der Waals surface area contributed by atoms with Crippen molar-refractivity contribution in [2.24, 2.45) is 0 Å². The Morgan fingerprint density at radius 2 is 0.833 bits per heavy atom. The van der Waals surface area contributed by atoms with Gasteiger partial charge in [-0.1, -0.05) is 176 Å². The number of benzene rings is 11. The summed E-state index contributed by atoms with van der Waals surface area (Å²) in [6, 6.07) is 81.3. The molecule has 280 valence electrons. The maximum atomic E-state index is 6.78. The average Bonchev–Trinajstić information content (AvgIpc) is 3.70. The van der Waals surface area contributed by atoms with Crippen molar-refractivity contribution in [2.75, 3.05) is 4.90 Å². The van der Waals surface area contributed by atoms with E-state index in [4.69, 9.17) is 4.42 Å². The second-order valence-corrected chi connectivity index (χ2v) is 15.6. The molecule has 0 N–H and O–H groups in total. The molecule has 0 aliphatic carbocycles.